The van der Waals surface area contributed by atoms with Gasteiger partial charge in [0.2, 0.25) is 5.91 Å². The van der Waals surface area contributed by atoms with Gasteiger partial charge in [-0.1, -0.05) is 12.8 Å². The number of carbonyl (C=O) groups excluding carboxylic acids is 1. The van der Waals surface area contributed by atoms with E-state index in [1.54, 1.807) is 0 Å². The van der Waals surface area contributed by atoms with Gasteiger partial charge in [-0.3, -0.25) is 9.59 Å². The second-order valence-electron chi connectivity index (χ2n) is 4.18. The second kappa shape index (κ2) is 5.73. The summed E-state index contributed by atoms with van der Waals surface area (Å²) in [6.45, 7) is 2.84. The molecule has 0 aromatic carbocycles. The Hall–Kier alpha value is -1.06. The van der Waals surface area contributed by atoms with Gasteiger partial charge in [0.05, 0.1) is 6.42 Å². The zero-order chi connectivity index (χ0) is 11.3. The smallest absolute Gasteiger partial charge is 0.303 e. The first-order chi connectivity index (χ1) is 7.11. The molecule has 0 aliphatic carbocycles. The summed E-state index contributed by atoms with van der Waals surface area (Å²) in [7, 11) is 0. The van der Waals surface area contributed by atoms with E-state index < -0.39 is 5.97 Å². The van der Waals surface area contributed by atoms with Crippen LogP contribution in [0.5, 0.6) is 0 Å². The van der Waals surface area contributed by atoms with Crippen LogP contribution in [-0.4, -0.2) is 34.5 Å². The third-order valence-corrected chi connectivity index (χ3v) is 2.93. The Bertz CT molecular complexity index is 240. The highest BCUT2D eigenvalue weighted by atomic mass is 16.4. The fraction of sp³-hybridized carbons (Fsp3) is 0.818. The third-order valence-electron chi connectivity index (χ3n) is 2.93. The van der Waals surface area contributed by atoms with Gasteiger partial charge in [-0.25, -0.2) is 0 Å². The molecule has 0 aromatic heterocycles. The normalized spacial score (nSPS) is 22.2. The average Bonchev–Trinajstić information content (AvgIpc) is 2.39. The van der Waals surface area contributed by atoms with E-state index in [0.29, 0.717) is 0 Å². The molecule has 1 fully saturated rings. The number of likely N-dealkylation sites (tertiary alicyclic amines) is 1. The minimum Gasteiger partial charge on any atom is -0.481 e. The first-order valence-electron chi connectivity index (χ1n) is 5.62. The molecule has 1 aliphatic heterocycles. The molecule has 1 aliphatic rings. The Morgan fingerprint density at radius 2 is 2.00 bits per heavy atom. The summed E-state index contributed by atoms with van der Waals surface area (Å²) in [5.74, 6) is -0.905. The first-order valence-corrected chi connectivity index (χ1v) is 5.62. The number of carbonyl (C=O) groups is 2. The number of carboxylic acids is 1. The van der Waals surface area contributed by atoms with Crippen molar-refractivity contribution in [3.8, 4) is 0 Å². The van der Waals surface area contributed by atoms with E-state index in [-0.39, 0.29) is 24.8 Å². The largest absolute Gasteiger partial charge is 0.481 e. The summed E-state index contributed by atoms with van der Waals surface area (Å²) < 4.78 is 0. The molecular weight excluding hydrogens is 194 g/mol. The maximum atomic E-state index is 11.7. The van der Waals surface area contributed by atoms with E-state index >= 15 is 0 Å². The number of aliphatic carboxylic acids is 1. The van der Waals surface area contributed by atoms with E-state index in [0.717, 1.165) is 19.4 Å². The predicted molar refractivity (Wildman–Crippen MR) is 56.5 cm³/mol. The quantitative estimate of drug-likeness (QED) is 0.775. The van der Waals surface area contributed by atoms with Gasteiger partial charge in [0.1, 0.15) is 0 Å². The number of amides is 1. The number of nitrogens with zero attached hydrogens (tertiary/aromatic N) is 1. The molecule has 1 saturated heterocycles. The van der Waals surface area contributed by atoms with Crippen LogP contribution in [0.2, 0.25) is 0 Å². The van der Waals surface area contributed by atoms with Gasteiger partial charge in [0.15, 0.2) is 0 Å². The van der Waals surface area contributed by atoms with Gasteiger partial charge >= 0.3 is 5.97 Å². The standard InChI is InChI=1S/C11H19NO3/c1-9-5-3-2-4-8-12(9)10(13)6-7-11(14)15/h9H,2-8H2,1H3,(H,14,15). The molecule has 1 rings (SSSR count). The van der Waals surface area contributed by atoms with Crippen LogP contribution in [0.3, 0.4) is 0 Å². The van der Waals surface area contributed by atoms with E-state index in [9.17, 15) is 9.59 Å². The van der Waals surface area contributed by atoms with Crippen LogP contribution in [0.25, 0.3) is 0 Å². The highest BCUT2D eigenvalue weighted by Gasteiger charge is 2.21. The lowest BCUT2D eigenvalue weighted by molar-refractivity contribution is -0.141. The Morgan fingerprint density at radius 1 is 1.27 bits per heavy atom. The number of hydrogen-bond donors (Lipinski definition) is 1. The van der Waals surface area contributed by atoms with Gasteiger partial charge in [0, 0.05) is 19.0 Å². The molecule has 0 bridgehead atoms. The van der Waals surface area contributed by atoms with Crippen molar-refractivity contribution in [2.75, 3.05) is 6.54 Å². The molecule has 15 heavy (non-hydrogen) atoms. The molecule has 1 amide bonds. The summed E-state index contributed by atoms with van der Waals surface area (Å²) in [6, 6.07) is 0.272. The van der Waals surface area contributed by atoms with Crippen LogP contribution in [0.15, 0.2) is 0 Å². The van der Waals surface area contributed by atoms with Gasteiger partial charge < -0.3 is 10.0 Å². The highest BCUT2D eigenvalue weighted by molar-refractivity contribution is 5.80. The molecule has 0 aromatic rings. The minimum atomic E-state index is -0.897. The number of hydrogen-bond acceptors (Lipinski definition) is 2. The van der Waals surface area contributed by atoms with E-state index in [2.05, 4.69) is 0 Å². The van der Waals surface area contributed by atoms with Gasteiger partial charge in [-0.05, 0) is 19.8 Å². The molecule has 0 spiro atoms. The Labute approximate surface area is 90.3 Å². The van der Waals surface area contributed by atoms with Crippen LogP contribution < -0.4 is 0 Å². The van der Waals surface area contributed by atoms with Crippen LogP contribution in [0.1, 0.15) is 45.4 Å². The molecular formula is C11H19NO3. The van der Waals surface area contributed by atoms with Crippen LogP contribution in [0.4, 0.5) is 0 Å². The van der Waals surface area contributed by atoms with Crippen molar-refractivity contribution in [3.05, 3.63) is 0 Å². The highest BCUT2D eigenvalue weighted by Crippen LogP contribution is 2.17. The minimum absolute atomic E-state index is 0.00759. The van der Waals surface area contributed by atoms with Crippen molar-refractivity contribution in [1.82, 2.24) is 4.90 Å². The van der Waals surface area contributed by atoms with Gasteiger partial charge in [-0.2, -0.15) is 0 Å². The fourth-order valence-corrected chi connectivity index (χ4v) is 2.00. The lowest BCUT2D eigenvalue weighted by atomic mass is 10.1. The molecule has 86 valence electrons. The number of carboxylic acid groups (broad SMARTS) is 1. The van der Waals surface area contributed by atoms with Gasteiger partial charge in [0.25, 0.3) is 0 Å². The van der Waals surface area contributed by atoms with Gasteiger partial charge in [-0.15, -0.1) is 0 Å². The predicted octanol–water partition coefficient (Wildman–Crippen LogP) is 1.64. The molecule has 0 saturated carbocycles. The van der Waals surface area contributed by atoms with Crippen LogP contribution in [-0.2, 0) is 9.59 Å². The summed E-state index contributed by atoms with van der Waals surface area (Å²) in [6.07, 6.45) is 4.51. The summed E-state index contributed by atoms with van der Waals surface area (Å²) in [5, 5.41) is 8.51. The zero-order valence-corrected chi connectivity index (χ0v) is 9.24. The summed E-state index contributed by atoms with van der Waals surface area (Å²) >= 11 is 0. The van der Waals surface area contributed by atoms with Crippen molar-refractivity contribution in [3.63, 3.8) is 0 Å². The van der Waals surface area contributed by atoms with E-state index in [1.807, 2.05) is 11.8 Å². The maximum Gasteiger partial charge on any atom is 0.303 e. The number of rotatable bonds is 3. The zero-order valence-electron chi connectivity index (χ0n) is 9.24. The van der Waals surface area contributed by atoms with Crippen LogP contribution in [0, 0.1) is 0 Å². The lowest BCUT2D eigenvalue weighted by Crippen LogP contribution is -2.38. The van der Waals surface area contributed by atoms with E-state index in [1.165, 1.54) is 12.8 Å². The molecule has 4 heteroatoms. The van der Waals surface area contributed by atoms with Crippen molar-refractivity contribution in [2.24, 2.45) is 0 Å². The monoisotopic (exact) mass is 213 g/mol. The van der Waals surface area contributed by atoms with Crippen molar-refractivity contribution in [2.45, 2.75) is 51.5 Å². The Balaban J connectivity index is 2.44. The SMILES string of the molecule is CC1CCCCCN1C(=O)CCC(=O)O. The Kier molecular flexibility index (Phi) is 4.59. The lowest BCUT2D eigenvalue weighted by Gasteiger charge is -2.27. The third kappa shape index (κ3) is 3.90. The van der Waals surface area contributed by atoms with Crippen LogP contribution >= 0.6 is 0 Å². The van der Waals surface area contributed by atoms with Crippen molar-refractivity contribution in [1.29, 1.82) is 0 Å². The van der Waals surface area contributed by atoms with E-state index in [4.69, 9.17) is 5.11 Å². The summed E-state index contributed by atoms with van der Waals surface area (Å²) in [5.41, 5.74) is 0. The fourth-order valence-electron chi connectivity index (χ4n) is 2.00. The Morgan fingerprint density at radius 3 is 2.67 bits per heavy atom. The maximum absolute atomic E-state index is 11.7. The molecule has 1 unspecified atom stereocenters. The molecule has 4 nitrogen and oxygen atoms in total. The van der Waals surface area contributed by atoms with Crippen molar-refractivity contribution >= 4 is 11.9 Å². The second-order valence-corrected chi connectivity index (χ2v) is 4.18. The molecule has 1 atom stereocenters. The summed E-state index contributed by atoms with van der Waals surface area (Å²) in [4.78, 5) is 23.9. The van der Waals surface area contributed by atoms with Crippen molar-refractivity contribution < 1.29 is 14.7 Å². The molecule has 0 radical (unpaired) electrons. The molecule has 1 N–H and O–H groups in total. The topological polar surface area (TPSA) is 57.6 Å². The first kappa shape index (κ1) is 12.0. The average molecular weight is 213 g/mol. The molecule has 1 heterocycles.